The summed E-state index contributed by atoms with van der Waals surface area (Å²) >= 11 is 0. The molecule has 1 unspecified atom stereocenters. The molecule has 0 saturated carbocycles. The highest BCUT2D eigenvalue weighted by molar-refractivity contribution is 6.06. The van der Waals surface area contributed by atoms with Crippen LogP contribution in [0.25, 0.3) is 0 Å². The molecule has 5 heteroatoms. The van der Waals surface area contributed by atoms with Crippen LogP contribution in [0.15, 0.2) is 22.7 Å². The smallest absolute Gasteiger partial charge is 0.254 e. The standard InChI is InChI=1S/C21H26N2O3/c1-11-7-13(3)23-20(25)17(11)10-22-19(24)15-8-12(2)18-16(14(15)4)9-21(5,6)26-18/h7-8,17H,9-10H2,1-6H3,(H,22,24). The first kappa shape index (κ1) is 18.4. The van der Waals surface area contributed by atoms with E-state index in [1.165, 1.54) is 0 Å². The Balaban J connectivity index is 1.79. The van der Waals surface area contributed by atoms with Crippen molar-refractivity contribution in [2.24, 2.45) is 10.9 Å². The van der Waals surface area contributed by atoms with E-state index >= 15 is 0 Å². The number of amides is 2. The van der Waals surface area contributed by atoms with E-state index in [1.54, 1.807) is 6.92 Å². The minimum Gasteiger partial charge on any atom is -0.487 e. The van der Waals surface area contributed by atoms with E-state index in [1.807, 2.05) is 32.9 Å². The molecule has 0 radical (unpaired) electrons. The van der Waals surface area contributed by atoms with Gasteiger partial charge in [-0.05, 0) is 64.8 Å². The molecule has 1 aromatic carbocycles. The third kappa shape index (κ3) is 3.30. The number of nitrogens with one attached hydrogen (secondary N) is 1. The van der Waals surface area contributed by atoms with E-state index in [2.05, 4.69) is 24.2 Å². The first-order valence-corrected chi connectivity index (χ1v) is 8.96. The molecule has 2 aliphatic rings. The zero-order valence-electron chi connectivity index (χ0n) is 16.3. The van der Waals surface area contributed by atoms with Gasteiger partial charge < -0.3 is 10.1 Å². The van der Waals surface area contributed by atoms with E-state index in [-0.39, 0.29) is 29.9 Å². The lowest BCUT2D eigenvalue weighted by atomic mass is 9.92. The van der Waals surface area contributed by atoms with Crippen molar-refractivity contribution >= 4 is 17.5 Å². The van der Waals surface area contributed by atoms with Gasteiger partial charge in [-0.25, -0.2) is 4.99 Å². The second-order valence-electron chi connectivity index (χ2n) is 7.95. The van der Waals surface area contributed by atoms with E-state index in [0.717, 1.165) is 34.4 Å². The number of carbonyl (C=O) groups is 2. The number of nitrogens with zero attached hydrogens (tertiary/aromatic N) is 1. The third-order valence-electron chi connectivity index (χ3n) is 5.11. The normalized spacial score (nSPS) is 20.8. The average Bonchev–Trinajstić information content (AvgIpc) is 2.86. The Hall–Kier alpha value is -2.43. The molecule has 0 saturated heterocycles. The highest BCUT2D eigenvalue weighted by Gasteiger charge is 2.34. The molecule has 0 aromatic heterocycles. The summed E-state index contributed by atoms with van der Waals surface area (Å²) in [6.07, 6.45) is 2.68. The third-order valence-corrected chi connectivity index (χ3v) is 5.11. The predicted molar refractivity (Wildman–Crippen MR) is 102 cm³/mol. The average molecular weight is 354 g/mol. The molecule has 5 nitrogen and oxygen atoms in total. The number of aliphatic imine (C=N–C) groups is 1. The van der Waals surface area contributed by atoms with Crippen LogP contribution in [0.4, 0.5) is 0 Å². The zero-order chi connectivity index (χ0) is 19.2. The summed E-state index contributed by atoms with van der Waals surface area (Å²) in [5, 5.41) is 2.91. The molecule has 1 N–H and O–H groups in total. The largest absolute Gasteiger partial charge is 0.487 e. The fourth-order valence-corrected chi connectivity index (χ4v) is 3.74. The Morgan fingerprint density at radius 3 is 2.65 bits per heavy atom. The van der Waals surface area contributed by atoms with Crippen molar-refractivity contribution in [2.45, 2.75) is 53.6 Å². The topological polar surface area (TPSA) is 67.8 Å². The highest BCUT2D eigenvalue weighted by Crippen LogP contribution is 2.40. The molecule has 3 rings (SSSR count). The van der Waals surface area contributed by atoms with Gasteiger partial charge in [-0.2, -0.15) is 0 Å². The number of hydrogen-bond acceptors (Lipinski definition) is 3. The Kier molecular flexibility index (Phi) is 4.51. The molecule has 0 bridgehead atoms. The number of rotatable bonds is 3. The fourth-order valence-electron chi connectivity index (χ4n) is 3.74. The summed E-state index contributed by atoms with van der Waals surface area (Å²) in [4.78, 5) is 28.9. The molecule has 0 fully saturated rings. The van der Waals surface area contributed by atoms with Gasteiger partial charge in [0.25, 0.3) is 11.8 Å². The maximum atomic E-state index is 12.8. The molecular weight excluding hydrogens is 328 g/mol. The van der Waals surface area contributed by atoms with Crippen molar-refractivity contribution in [1.82, 2.24) is 5.32 Å². The van der Waals surface area contributed by atoms with Crippen molar-refractivity contribution < 1.29 is 14.3 Å². The van der Waals surface area contributed by atoms with Crippen LogP contribution in [0.3, 0.4) is 0 Å². The van der Waals surface area contributed by atoms with Gasteiger partial charge in [0, 0.05) is 29.8 Å². The summed E-state index contributed by atoms with van der Waals surface area (Å²) in [7, 11) is 0. The molecule has 26 heavy (non-hydrogen) atoms. The SMILES string of the molecule is CC1=CC(C)=NC(=O)C1CNC(=O)c1cc(C)c2c(c1C)CC(C)(C)O2. The Morgan fingerprint density at radius 1 is 1.31 bits per heavy atom. The van der Waals surface area contributed by atoms with Gasteiger partial charge in [0.05, 0.1) is 5.92 Å². The summed E-state index contributed by atoms with van der Waals surface area (Å²) in [5.74, 6) is 0.153. The lowest BCUT2D eigenvalue weighted by Crippen LogP contribution is -2.35. The molecule has 1 atom stereocenters. The van der Waals surface area contributed by atoms with Gasteiger partial charge in [0.1, 0.15) is 11.4 Å². The number of hydrogen-bond donors (Lipinski definition) is 1. The molecule has 2 heterocycles. The molecule has 0 spiro atoms. The van der Waals surface area contributed by atoms with Gasteiger partial charge in [-0.3, -0.25) is 9.59 Å². The molecule has 2 amide bonds. The van der Waals surface area contributed by atoms with E-state index in [9.17, 15) is 9.59 Å². The number of benzene rings is 1. The number of carbonyl (C=O) groups excluding carboxylic acids is 2. The van der Waals surface area contributed by atoms with E-state index in [4.69, 9.17) is 4.74 Å². The zero-order valence-corrected chi connectivity index (χ0v) is 16.3. The van der Waals surface area contributed by atoms with Crippen LogP contribution in [-0.4, -0.2) is 29.7 Å². The van der Waals surface area contributed by atoms with Gasteiger partial charge in [-0.15, -0.1) is 0 Å². The molecule has 138 valence electrons. The van der Waals surface area contributed by atoms with Crippen LogP contribution in [0, 0.1) is 19.8 Å². The number of fused-ring (bicyclic) bond motifs is 1. The first-order chi connectivity index (χ1) is 12.1. The first-order valence-electron chi connectivity index (χ1n) is 8.96. The maximum Gasteiger partial charge on any atom is 0.254 e. The van der Waals surface area contributed by atoms with Gasteiger partial charge >= 0.3 is 0 Å². The molecule has 1 aromatic rings. The van der Waals surface area contributed by atoms with Crippen LogP contribution < -0.4 is 10.1 Å². The van der Waals surface area contributed by atoms with Crippen LogP contribution in [-0.2, 0) is 11.2 Å². The molecule has 0 aliphatic carbocycles. The number of ether oxygens (including phenoxy) is 1. The summed E-state index contributed by atoms with van der Waals surface area (Å²) in [5.41, 5.74) is 5.05. The Bertz CT molecular complexity index is 862. The van der Waals surface area contributed by atoms with Crippen molar-refractivity contribution in [2.75, 3.05) is 6.54 Å². The molecule has 2 aliphatic heterocycles. The summed E-state index contributed by atoms with van der Waals surface area (Å²) in [6.45, 7) is 12.0. The van der Waals surface area contributed by atoms with Crippen molar-refractivity contribution in [3.05, 3.63) is 40.0 Å². The predicted octanol–water partition coefficient (Wildman–Crippen LogP) is 3.31. The Labute approximate surface area is 154 Å². The minimum atomic E-state index is -0.388. The van der Waals surface area contributed by atoms with Crippen LogP contribution in [0.1, 0.15) is 54.7 Å². The quantitative estimate of drug-likeness (QED) is 0.905. The Morgan fingerprint density at radius 2 is 2.00 bits per heavy atom. The van der Waals surface area contributed by atoms with Crippen LogP contribution in [0.5, 0.6) is 5.75 Å². The maximum absolute atomic E-state index is 12.8. The van der Waals surface area contributed by atoms with Gasteiger partial charge in [-0.1, -0.05) is 5.57 Å². The van der Waals surface area contributed by atoms with Crippen molar-refractivity contribution in [3.8, 4) is 5.75 Å². The molecular formula is C21H26N2O3. The van der Waals surface area contributed by atoms with Crippen LogP contribution in [0.2, 0.25) is 0 Å². The second kappa shape index (κ2) is 6.38. The van der Waals surface area contributed by atoms with Crippen molar-refractivity contribution in [3.63, 3.8) is 0 Å². The monoisotopic (exact) mass is 354 g/mol. The second-order valence-corrected chi connectivity index (χ2v) is 7.95. The van der Waals surface area contributed by atoms with Gasteiger partial charge in [0.2, 0.25) is 0 Å². The number of aryl methyl sites for hydroxylation is 1. The summed E-state index contributed by atoms with van der Waals surface area (Å²) in [6, 6.07) is 1.87. The van der Waals surface area contributed by atoms with Crippen molar-refractivity contribution in [1.29, 1.82) is 0 Å². The van der Waals surface area contributed by atoms with Crippen LogP contribution >= 0.6 is 0 Å². The lowest BCUT2D eigenvalue weighted by Gasteiger charge is -2.19. The van der Waals surface area contributed by atoms with E-state index < -0.39 is 0 Å². The number of allylic oxidation sites excluding steroid dienone is 1. The highest BCUT2D eigenvalue weighted by atomic mass is 16.5. The van der Waals surface area contributed by atoms with E-state index in [0.29, 0.717) is 11.3 Å². The number of dihydropyridines is 1. The minimum absolute atomic E-state index is 0.162. The fraction of sp³-hybridized carbons (Fsp3) is 0.476. The van der Waals surface area contributed by atoms with Gasteiger partial charge in [0.15, 0.2) is 0 Å². The summed E-state index contributed by atoms with van der Waals surface area (Å²) < 4.78 is 6.04. The lowest BCUT2D eigenvalue weighted by molar-refractivity contribution is -0.120.